The molecule has 0 saturated heterocycles. The van der Waals surface area contributed by atoms with Crippen LogP contribution in [0.3, 0.4) is 0 Å². The molecule has 1 heterocycles. The van der Waals surface area contributed by atoms with Crippen LogP contribution in [0.15, 0.2) is 36.4 Å². The van der Waals surface area contributed by atoms with E-state index < -0.39 is 66.4 Å². The maximum atomic E-state index is 13.6. The summed E-state index contributed by atoms with van der Waals surface area (Å²) in [5, 5.41) is 28.1. The molecule has 0 aliphatic carbocycles. The number of rotatable bonds is 8. The van der Waals surface area contributed by atoms with Crippen LogP contribution in [0.4, 0.5) is 26.3 Å². The van der Waals surface area contributed by atoms with Crippen molar-refractivity contribution in [1.29, 1.82) is 0 Å². The summed E-state index contributed by atoms with van der Waals surface area (Å²) < 4.78 is 80.2. The summed E-state index contributed by atoms with van der Waals surface area (Å²) in [5.41, 5.74) is -3.76. The fourth-order valence-electron chi connectivity index (χ4n) is 2.79. The summed E-state index contributed by atoms with van der Waals surface area (Å²) in [5.74, 6) is -2.03. The van der Waals surface area contributed by atoms with Crippen molar-refractivity contribution in [2.24, 2.45) is 0 Å². The smallest absolute Gasteiger partial charge is 0.433 e. The number of hydrogen-bond acceptors (Lipinski definition) is 4. The van der Waals surface area contributed by atoms with Crippen molar-refractivity contribution in [2.45, 2.75) is 37.7 Å². The van der Waals surface area contributed by atoms with Crippen molar-refractivity contribution in [3.63, 3.8) is 0 Å². The normalized spacial score (nSPS) is 14.2. The third kappa shape index (κ3) is 6.79. The number of pyridine rings is 1. The van der Waals surface area contributed by atoms with E-state index in [-0.39, 0.29) is 11.1 Å². The predicted octanol–water partition coefficient (Wildman–Crippen LogP) is 4.44. The number of aromatic nitrogens is 1. The quantitative estimate of drug-likeness (QED) is 0.519. The van der Waals surface area contributed by atoms with E-state index in [0.717, 1.165) is 42.5 Å². The second kappa shape index (κ2) is 9.92. The first kappa shape index (κ1) is 24.4. The molecule has 0 saturated carbocycles. The molecule has 1 aromatic heterocycles. The van der Waals surface area contributed by atoms with E-state index in [9.17, 15) is 41.4 Å². The molecule has 2 aromatic rings. The van der Waals surface area contributed by atoms with Crippen LogP contribution >= 0.6 is 0 Å². The van der Waals surface area contributed by atoms with Crippen molar-refractivity contribution in [2.75, 3.05) is 0 Å². The van der Waals surface area contributed by atoms with Gasteiger partial charge < -0.3 is 15.3 Å². The molecular weight excluding hydrogens is 432 g/mol. The number of alkyl halides is 5. The van der Waals surface area contributed by atoms with Gasteiger partial charge in [0, 0.05) is 12.0 Å². The van der Waals surface area contributed by atoms with Gasteiger partial charge in [0.15, 0.2) is 5.69 Å². The molecular formula is C20H17F6NO4. The van der Waals surface area contributed by atoms with Crippen LogP contribution in [0.25, 0.3) is 17.2 Å². The van der Waals surface area contributed by atoms with Crippen LogP contribution in [0.1, 0.15) is 36.2 Å². The van der Waals surface area contributed by atoms with Crippen LogP contribution in [-0.2, 0) is 11.0 Å². The molecule has 168 valence electrons. The molecule has 2 atom stereocenters. The number of aliphatic hydroxyl groups excluding tert-OH is 2. The van der Waals surface area contributed by atoms with Gasteiger partial charge in [-0.2, -0.15) is 13.2 Å². The Morgan fingerprint density at radius 2 is 1.74 bits per heavy atom. The van der Waals surface area contributed by atoms with Crippen molar-refractivity contribution >= 4 is 12.0 Å². The number of aliphatic hydroxyl groups is 2. The van der Waals surface area contributed by atoms with E-state index in [1.807, 2.05) is 0 Å². The van der Waals surface area contributed by atoms with Gasteiger partial charge in [-0.3, -0.25) is 4.79 Å². The molecule has 2 unspecified atom stereocenters. The number of carboxylic acid groups (broad SMARTS) is 1. The zero-order valence-electron chi connectivity index (χ0n) is 15.7. The fourth-order valence-corrected chi connectivity index (χ4v) is 2.79. The van der Waals surface area contributed by atoms with Crippen LogP contribution in [0, 0.1) is 5.82 Å². The monoisotopic (exact) mass is 449 g/mol. The van der Waals surface area contributed by atoms with Gasteiger partial charge in [0.25, 0.3) is 6.43 Å². The lowest BCUT2D eigenvalue weighted by atomic mass is 9.96. The first-order valence-electron chi connectivity index (χ1n) is 8.80. The van der Waals surface area contributed by atoms with Crippen LogP contribution in [-0.4, -0.2) is 38.5 Å². The number of carbonyl (C=O) groups is 1. The molecule has 2 rings (SSSR count). The van der Waals surface area contributed by atoms with Gasteiger partial charge >= 0.3 is 12.1 Å². The molecule has 0 bridgehead atoms. The highest BCUT2D eigenvalue weighted by Crippen LogP contribution is 2.38. The van der Waals surface area contributed by atoms with E-state index in [1.165, 1.54) is 0 Å². The number of nitrogens with zero attached hydrogens (tertiary/aromatic N) is 1. The summed E-state index contributed by atoms with van der Waals surface area (Å²) >= 11 is 0. The van der Waals surface area contributed by atoms with E-state index in [1.54, 1.807) is 0 Å². The predicted molar refractivity (Wildman–Crippen MR) is 97.5 cm³/mol. The number of aliphatic carboxylic acids is 1. The van der Waals surface area contributed by atoms with E-state index >= 15 is 0 Å². The first-order valence-corrected chi connectivity index (χ1v) is 8.80. The maximum Gasteiger partial charge on any atom is 0.433 e. The fraction of sp³-hybridized carbons (Fsp3) is 0.300. The Bertz CT molecular complexity index is 944. The van der Waals surface area contributed by atoms with E-state index in [4.69, 9.17) is 5.11 Å². The van der Waals surface area contributed by atoms with Crippen molar-refractivity contribution < 1.29 is 46.5 Å². The SMILES string of the molecule is O=C(O)CC(O)CC(O)/C=C/c1c(-c2ccc(F)cc2)cc(C(F)F)nc1C(F)(F)F. The molecule has 5 nitrogen and oxygen atoms in total. The Morgan fingerprint density at radius 3 is 2.26 bits per heavy atom. The number of benzene rings is 1. The van der Waals surface area contributed by atoms with Crippen LogP contribution in [0.2, 0.25) is 0 Å². The average Bonchev–Trinajstić information content (AvgIpc) is 2.64. The van der Waals surface area contributed by atoms with Crippen molar-refractivity contribution in [1.82, 2.24) is 4.98 Å². The Morgan fingerprint density at radius 1 is 1.13 bits per heavy atom. The van der Waals surface area contributed by atoms with Gasteiger partial charge in [-0.1, -0.05) is 24.3 Å². The Kier molecular flexibility index (Phi) is 7.80. The van der Waals surface area contributed by atoms with Gasteiger partial charge in [0.1, 0.15) is 11.5 Å². The highest BCUT2D eigenvalue weighted by molar-refractivity contribution is 5.77. The summed E-state index contributed by atoms with van der Waals surface area (Å²) in [6.45, 7) is 0. The third-order valence-electron chi connectivity index (χ3n) is 4.13. The largest absolute Gasteiger partial charge is 0.481 e. The molecule has 31 heavy (non-hydrogen) atoms. The average molecular weight is 449 g/mol. The molecule has 11 heteroatoms. The summed E-state index contributed by atoms with van der Waals surface area (Å²) in [6.07, 6.45) is -11.0. The summed E-state index contributed by atoms with van der Waals surface area (Å²) in [7, 11) is 0. The zero-order chi connectivity index (χ0) is 23.3. The van der Waals surface area contributed by atoms with E-state index in [0.29, 0.717) is 0 Å². The lowest BCUT2D eigenvalue weighted by Gasteiger charge is -2.17. The first-order chi connectivity index (χ1) is 14.4. The molecule has 0 spiro atoms. The number of carboxylic acids is 1. The topological polar surface area (TPSA) is 90.7 Å². The summed E-state index contributed by atoms with van der Waals surface area (Å²) in [4.78, 5) is 13.6. The molecule has 0 aliphatic rings. The molecule has 0 radical (unpaired) electrons. The molecule has 1 aromatic carbocycles. The van der Waals surface area contributed by atoms with E-state index in [2.05, 4.69) is 4.98 Å². The zero-order valence-corrected chi connectivity index (χ0v) is 15.7. The second-order valence-corrected chi connectivity index (χ2v) is 6.58. The summed E-state index contributed by atoms with van der Waals surface area (Å²) in [6, 6.07) is 4.82. The Labute approximate surface area is 172 Å². The van der Waals surface area contributed by atoms with Gasteiger partial charge in [-0.25, -0.2) is 18.2 Å². The maximum absolute atomic E-state index is 13.6. The van der Waals surface area contributed by atoms with Crippen LogP contribution in [0.5, 0.6) is 0 Å². The van der Waals surface area contributed by atoms with Gasteiger partial charge in [0.2, 0.25) is 0 Å². The highest BCUT2D eigenvalue weighted by Gasteiger charge is 2.37. The molecule has 3 N–H and O–H groups in total. The van der Waals surface area contributed by atoms with Crippen molar-refractivity contribution in [3.8, 4) is 11.1 Å². The minimum Gasteiger partial charge on any atom is -0.481 e. The van der Waals surface area contributed by atoms with Gasteiger partial charge in [0.05, 0.1) is 18.6 Å². The highest BCUT2D eigenvalue weighted by atomic mass is 19.4. The lowest BCUT2D eigenvalue weighted by molar-refractivity contribution is -0.142. The minimum absolute atomic E-state index is 0.00347. The van der Waals surface area contributed by atoms with Gasteiger partial charge in [-0.05, 0) is 29.3 Å². The van der Waals surface area contributed by atoms with Crippen molar-refractivity contribution in [3.05, 3.63) is 59.2 Å². The third-order valence-corrected chi connectivity index (χ3v) is 4.13. The number of hydrogen-bond donors (Lipinski definition) is 3. The Hall–Kier alpha value is -2.92. The second-order valence-electron chi connectivity index (χ2n) is 6.58. The Balaban J connectivity index is 2.57. The molecule has 0 amide bonds. The minimum atomic E-state index is -5.13. The molecule has 0 aliphatic heterocycles. The standard InChI is InChI=1S/C20H17F6NO4/c21-11-3-1-10(2-4-11)15-9-16(19(22)23)27-18(20(24,25)26)14(15)6-5-12(28)7-13(29)8-17(30)31/h1-6,9,12-13,19,28-29H,7-8H2,(H,30,31)/b6-5+. The van der Waals surface area contributed by atoms with Crippen LogP contribution < -0.4 is 0 Å². The number of halogens is 6. The molecule has 0 fully saturated rings. The lowest BCUT2D eigenvalue weighted by Crippen LogP contribution is -2.19. The van der Waals surface area contributed by atoms with Gasteiger partial charge in [-0.15, -0.1) is 0 Å².